The van der Waals surface area contributed by atoms with Crippen molar-refractivity contribution in [2.75, 3.05) is 14.2 Å². The zero-order chi connectivity index (χ0) is 10.0. The minimum absolute atomic E-state index is 0.452. The van der Waals surface area contributed by atoms with E-state index in [-0.39, 0.29) is 0 Å². The van der Waals surface area contributed by atoms with Gasteiger partial charge in [-0.05, 0) is 6.92 Å². The van der Waals surface area contributed by atoms with Gasteiger partial charge in [0, 0.05) is 14.2 Å². The summed E-state index contributed by atoms with van der Waals surface area (Å²) >= 11 is 0. The molecule has 2 N–H and O–H groups in total. The third-order valence-electron chi connectivity index (χ3n) is 2.29. The number of rotatable bonds is 2. The fourth-order valence-electron chi connectivity index (χ4n) is 1.44. The Morgan fingerprint density at radius 1 is 1.08 bits per heavy atom. The van der Waals surface area contributed by atoms with E-state index in [1.165, 1.54) is 14.2 Å². The first-order valence-corrected chi connectivity index (χ1v) is 4.19. The van der Waals surface area contributed by atoms with Gasteiger partial charge < -0.3 is 24.4 Å². The summed E-state index contributed by atoms with van der Waals surface area (Å²) in [6, 6.07) is 0. The maximum atomic E-state index is 9.57. The molecule has 1 heterocycles. The van der Waals surface area contributed by atoms with Crippen LogP contribution in [0.4, 0.5) is 0 Å². The van der Waals surface area contributed by atoms with Gasteiger partial charge in [0.25, 0.3) is 0 Å². The Labute approximate surface area is 77.2 Å². The molecule has 78 valence electrons. The average Bonchev–Trinajstić information content (AvgIpc) is 2.13. The normalized spacial score (nSPS) is 46.4. The summed E-state index contributed by atoms with van der Waals surface area (Å²) in [7, 11) is 2.90. The van der Waals surface area contributed by atoms with Crippen LogP contribution in [0, 0.1) is 0 Å². The van der Waals surface area contributed by atoms with E-state index in [2.05, 4.69) is 0 Å². The molecule has 13 heavy (non-hydrogen) atoms. The Morgan fingerprint density at radius 2 is 1.69 bits per heavy atom. The topological polar surface area (TPSA) is 68.2 Å². The van der Waals surface area contributed by atoms with Crippen molar-refractivity contribution >= 4 is 0 Å². The molecular formula is C8H16O5. The smallest absolute Gasteiger partial charge is 0.186 e. The van der Waals surface area contributed by atoms with Gasteiger partial charge in [0.15, 0.2) is 6.29 Å². The molecule has 0 aliphatic carbocycles. The van der Waals surface area contributed by atoms with E-state index < -0.39 is 30.7 Å². The summed E-state index contributed by atoms with van der Waals surface area (Å²) in [4.78, 5) is 0. The second-order valence-corrected chi connectivity index (χ2v) is 3.13. The molecular weight excluding hydrogens is 176 g/mol. The van der Waals surface area contributed by atoms with Gasteiger partial charge in [0.05, 0.1) is 6.10 Å². The lowest BCUT2D eigenvalue weighted by molar-refractivity contribution is -0.291. The number of aliphatic hydroxyl groups is 2. The zero-order valence-electron chi connectivity index (χ0n) is 8.01. The first kappa shape index (κ1) is 10.9. The molecule has 1 aliphatic heterocycles. The zero-order valence-corrected chi connectivity index (χ0v) is 8.01. The summed E-state index contributed by atoms with van der Waals surface area (Å²) < 4.78 is 15.2. The van der Waals surface area contributed by atoms with Crippen molar-refractivity contribution in [1.82, 2.24) is 0 Å². The highest BCUT2D eigenvalue weighted by Gasteiger charge is 2.43. The van der Waals surface area contributed by atoms with Crippen LogP contribution in [0.15, 0.2) is 0 Å². The van der Waals surface area contributed by atoms with Crippen LogP contribution in [0.25, 0.3) is 0 Å². The number of aliphatic hydroxyl groups excluding tert-OH is 2. The third-order valence-corrected chi connectivity index (χ3v) is 2.29. The molecule has 5 heteroatoms. The lowest BCUT2D eigenvalue weighted by Crippen LogP contribution is -2.57. The number of ether oxygens (including phenoxy) is 3. The summed E-state index contributed by atoms with van der Waals surface area (Å²) in [5.74, 6) is 0. The van der Waals surface area contributed by atoms with Gasteiger partial charge >= 0.3 is 0 Å². The number of hydrogen-bond donors (Lipinski definition) is 2. The fraction of sp³-hybridized carbons (Fsp3) is 1.00. The molecule has 0 unspecified atom stereocenters. The SMILES string of the molecule is CO[C@H]1O[C@H](C)[C@@H](O)[C@@H](O)[C@H]1OC. The van der Waals surface area contributed by atoms with E-state index in [9.17, 15) is 10.2 Å². The van der Waals surface area contributed by atoms with Crippen LogP contribution in [0.1, 0.15) is 6.92 Å². The predicted molar refractivity (Wildman–Crippen MR) is 44.2 cm³/mol. The Bertz CT molecular complexity index is 161. The highest BCUT2D eigenvalue weighted by Crippen LogP contribution is 2.22. The van der Waals surface area contributed by atoms with Gasteiger partial charge in [-0.3, -0.25) is 0 Å². The summed E-state index contributed by atoms with van der Waals surface area (Å²) in [6.45, 7) is 1.67. The molecule has 0 amide bonds. The van der Waals surface area contributed by atoms with E-state index in [0.29, 0.717) is 0 Å². The standard InChI is InChI=1S/C8H16O5/c1-4-5(9)6(10)7(11-2)8(12-3)13-4/h4-10H,1-3H3/t4-,5-,6-,7-,8+/m1/s1. The van der Waals surface area contributed by atoms with Crippen LogP contribution in [0.5, 0.6) is 0 Å². The van der Waals surface area contributed by atoms with Crippen LogP contribution in [0.2, 0.25) is 0 Å². The van der Waals surface area contributed by atoms with E-state index in [4.69, 9.17) is 14.2 Å². The average molecular weight is 192 g/mol. The van der Waals surface area contributed by atoms with Crippen LogP contribution in [-0.4, -0.2) is 55.1 Å². The molecule has 0 aromatic rings. The van der Waals surface area contributed by atoms with Crippen molar-refractivity contribution in [3.8, 4) is 0 Å². The molecule has 1 saturated heterocycles. The van der Waals surface area contributed by atoms with Gasteiger partial charge in [-0.1, -0.05) is 0 Å². The van der Waals surface area contributed by atoms with Crippen LogP contribution >= 0.6 is 0 Å². The minimum atomic E-state index is -0.973. The van der Waals surface area contributed by atoms with Crippen molar-refractivity contribution in [1.29, 1.82) is 0 Å². The lowest BCUT2D eigenvalue weighted by Gasteiger charge is -2.39. The highest BCUT2D eigenvalue weighted by molar-refractivity contribution is 4.87. The van der Waals surface area contributed by atoms with E-state index in [1.807, 2.05) is 0 Å². The molecule has 0 aromatic carbocycles. The molecule has 0 spiro atoms. The van der Waals surface area contributed by atoms with Crippen molar-refractivity contribution in [3.63, 3.8) is 0 Å². The highest BCUT2D eigenvalue weighted by atomic mass is 16.7. The van der Waals surface area contributed by atoms with Gasteiger partial charge in [-0.25, -0.2) is 0 Å². The van der Waals surface area contributed by atoms with E-state index in [1.54, 1.807) is 6.92 Å². The first-order chi connectivity index (χ1) is 6.11. The Hall–Kier alpha value is -0.200. The molecule has 0 radical (unpaired) electrons. The molecule has 1 fully saturated rings. The monoisotopic (exact) mass is 192 g/mol. The quantitative estimate of drug-likeness (QED) is 0.594. The second-order valence-electron chi connectivity index (χ2n) is 3.13. The summed E-state index contributed by atoms with van der Waals surface area (Å²) in [6.07, 6.45) is -3.63. The van der Waals surface area contributed by atoms with Crippen molar-refractivity contribution < 1.29 is 24.4 Å². The number of methoxy groups -OCH3 is 2. The molecule has 1 rings (SSSR count). The van der Waals surface area contributed by atoms with E-state index in [0.717, 1.165) is 0 Å². The van der Waals surface area contributed by atoms with E-state index >= 15 is 0 Å². The Balaban J connectivity index is 2.69. The lowest BCUT2D eigenvalue weighted by atomic mass is 10.00. The second kappa shape index (κ2) is 4.34. The molecule has 1 aliphatic rings. The Morgan fingerprint density at radius 3 is 2.15 bits per heavy atom. The first-order valence-electron chi connectivity index (χ1n) is 4.19. The fourth-order valence-corrected chi connectivity index (χ4v) is 1.44. The minimum Gasteiger partial charge on any atom is -0.388 e. The largest absolute Gasteiger partial charge is 0.388 e. The Kier molecular flexibility index (Phi) is 3.63. The molecule has 0 saturated carbocycles. The van der Waals surface area contributed by atoms with Crippen LogP contribution in [0.3, 0.4) is 0 Å². The van der Waals surface area contributed by atoms with Crippen molar-refractivity contribution in [2.45, 2.75) is 37.6 Å². The van der Waals surface area contributed by atoms with Gasteiger partial charge in [0.2, 0.25) is 0 Å². The summed E-state index contributed by atoms with van der Waals surface area (Å²) in [5, 5.41) is 19.0. The molecule has 5 atom stereocenters. The number of hydrogen-bond acceptors (Lipinski definition) is 5. The van der Waals surface area contributed by atoms with Gasteiger partial charge in [-0.2, -0.15) is 0 Å². The van der Waals surface area contributed by atoms with Gasteiger partial charge in [0.1, 0.15) is 18.3 Å². The van der Waals surface area contributed by atoms with Crippen molar-refractivity contribution in [3.05, 3.63) is 0 Å². The summed E-state index contributed by atoms with van der Waals surface area (Å²) in [5.41, 5.74) is 0. The predicted octanol–water partition coefficient (Wildman–Crippen LogP) is -0.886. The molecule has 0 aromatic heterocycles. The third kappa shape index (κ3) is 2.00. The maximum absolute atomic E-state index is 9.57. The maximum Gasteiger partial charge on any atom is 0.186 e. The van der Waals surface area contributed by atoms with Crippen molar-refractivity contribution in [2.24, 2.45) is 0 Å². The van der Waals surface area contributed by atoms with Crippen LogP contribution in [-0.2, 0) is 14.2 Å². The van der Waals surface area contributed by atoms with Crippen LogP contribution < -0.4 is 0 Å². The van der Waals surface area contributed by atoms with Gasteiger partial charge in [-0.15, -0.1) is 0 Å². The molecule has 0 bridgehead atoms. The molecule has 5 nitrogen and oxygen atoms in total.